The van der Waals surface area contributed by atoms with Gasteiger partial charge in [-0.2, -0.15) is 0 Å². The Hall–Kier alpha value is -2.89. The first-order valence-corrected chi connectivity index (χ1v) is 6.96. The van der Waals surface area contributed by atoms with E-state index in [1.54, 1.807) is 24.3 Å². The Morgan fingerprint density at radius 2 is 1.87 bits per heavy atom. The van der Waals surface area contributed by atoms with Crippen molar-refractivity contribution in [1.29, 1.82) is 0 Å². The fourth-order valence-corrected chi connectivity index (χ4v) is 2.17. The maximum absolute atomic E-state index is 13.1. The molecule has 0 aliphatic rings. The minimum Gasteiger partial charge on any atom is -0.481 e. The van der Waals surface area contributed by atoms with Gasteiger partial charge in [0.2, 0.25) is 0 Å². The highest BCUT2D eigenvalue weighted by molar-refractivity contribution is 5.90. The molecule has 0 saturated carbocycles. The van der Waals surface area contributed by atoms with Gasteiger partial charge in [-0.3, -0.25) is 9.59 Å². The van der Waals surface area contributed by atoms with Gasteiger partial charge in [-0.1, -0.05) is 36.4 Å². The van der Waals surface area contributed by atoms with Crippen molar-refractivity contribution in [1.82, 2.24) is 0 Å². The van der Waals surface area contributed by atoms with Gasteiger partial charge in [0, 0.05) is 12.1 Å². The van der Waals surface area contributed by atoms with Crippen LogP contribution in [0.3, 0.4) is 0 Å². The highest BCUT2D eigenvalue weighted by atomic mass is 19.1. The lowest BCUT2D eigenvalue weighted by molar-refractivity contribution is -0.155. The summed E-state index contributed by atoms with van der Waals surface area (Å²) in [6, 6.07) is 12.9. The smallest absolute Gasteiger partial charge is 0.317 e. The number of hydrogen-bond acceptors (Lipinski definition) is 4. The molecule has 2 aromatic carbocycles. The van der Waals surface area contributed by atoms with E-state index in [2.05, 4.69) is 0 Å². The molecule has 0 radical (unpaired) electrons. The predicted molar refractivity (Wildman–Crippen MR) is 82.0 cm³/mol. The summed E-state index contributed by atoms with van der Waals surface area (Å²) < 4.78 is 18.4. The lowest BCUT2D eigenvalue weighted by Gasteiger charge is -2.19. The lowest BCUT2D eigenvalue weighted by Crippen LogP contribution is -2.17. The molecule has 2 rings (SSSR count). The number of esters is 1. The van der Waals surface area contributed by atoms with Crippen LogP contribution in [-0.2, 0) is 20.7 Å². The number of nitrogen functional groups attached to an aromatic ring is 1. The average Bonchev–Trinajstić information content (AvgIpc) is 2.49. The number of aliphatic carboxylic acids is 1. The summed E-state index contributed by atoms with van der Waals surface area (Å²) in [6.45, 7) is 0. The molecule has 0 bridgehead atoms. The van der Waals surface area contributed by atoms with Gasteiger partial charge in [0.15, 0.2) is 0 Å². The fraction of sp³-hybridized carbons (Fsp3) is 0.176. The normalized spacial score (nSPS) is 11.7. The minimum absolute atomic E-state index is 0.224. The van der Waals surface area contributed by atoms with Gasteiger partial charge in [0.1, 0.15) is 18.3 Å². The summed E-state index contributed by atoms with van der Waals surface area (Å²) in [7, 11) is 0. The van der Waals surface area contributed by atoms with Crippen LogP contribution < -0.4 is 5.73 Å². The summed E-state index contributed by atoms with van der Waals surface area (Å²) in [5.74, 6) is -2.56. The lowest BCUT2D eigenvalue weighted by atomic mass is 10.00. The Kier molecular flexibility index (Phi) is 5.30. The molecule has 1 atom stereocenters. The van der Waals surface area contributed by atoms with Crippen molar-refractivity contribution in [2.45, 2.75) is 18.9 Å². The first kappa shape index (κ1) is 16.5. The van der Waals surface area contributed by atoms with Crippen LogP contribution >= 0.6 is 0 Å². The zero-order chi connectivity index (χ0) is 16.8. The fourth-order valence-electron chi connectivity index (χ4n) is 2.17. The first-order chi connectivity index (χ1) is 11.0. The van der Waals surface area contributed by atoms with Crippen LogP contribution in [0.25, 0.3) is 0 Å². The number of halogens is 1. The van der Waals surface area contributed by atoms with Crippen LogP contribution in [0, 0.1) is 5.82 Å². The number of benzene rings is 2. The molecule has 120 valence electrons. The summed E-state index contributed by atoms with van der Waals surface area (Å²) in [5.41, 5.74) is 7.35. The monoisotopic (exact) mass is 317 g/mol. The SMILES string of the molecule is Nc1cc(F)ccc1CC(OC(=O)CC(=O)O)c1ccccc1. The highest BCUT2D eigenvalue weighted by Crippen LogP contribution is 2.26. The van der Waals surface area contributed by atoms with E-state index in [9.17, 15) is 14.0 Å². The third kappa shape index (κ3) is 4.81. The maximum Gasteiger partial charge on any atom is 0.317 e. The van der Waals surface area contributed by atoms with E-state index in [0.717, 1.165) is 0 Å². The molecule has 3 N–H and O–H groups in total. The van der Waals surface area contributed by atoms with Gasteiger partial charge in [-0.15, -0.1) is 0 Å². The van der Waals surface area contributed by atoms with Crippen molar-refractivity contribution in [3.63, 3.8) is 0 Å². The molecule has 2 aromatic rings. The standard InChI is InChI=1S/C17H16FNO4/c18-13-7-6-12(14(19)9-13)8-15(11-4-2-1-3-5-11)23-17(22)10-16(20)21/h1-7,9,15H,8,10,19H2,(H,20,21). The molecule has 0 saturated heterocycles. The Labute approximate surface area is 132 Å². The van der Waals surface area contributed by atoms with Gasteiger partial charge in [0.05, 0.1) is 0 Å². The second-order valence-electron chi connectivity index (χ2n) is 5.01. The number of rotatable bonds is 6. The van der Waals surface area contributed by atoms with Crippen molar-refractivity contribution in [2.75, 3.05) is 5.73 Å². The summed E-state index contributed by atoms with van der Waals surface area (Å²) >= 11 is 0. The number of carboxylic acid groups (broad SMARTS) is 1. The average molecular weight is 317 g/mol. The molecule has 23 heavy (non-hydrogen) atoms. The molecule has 0 aromatic heterocycles. The zero-order valence-electron chi connectivity index (χ0n) is 12.2. The van der Waals surface area contributed by atoms with E-state index in [1.807, 2.05) is 6.07 Å². The van der Waals surface area contributed by atoms with Crippen LogP contribution in [0.15, 0.2) is 48.5 Å². The molecule has 0 amide bonds. The highest BCUT2D eigenvalue weighted by Gasteiger charge is 2.20. The van der Waals surface area contributed by atoms with Crippen LogP contribution in [0.4, 0.5) is 10.1 Å². The Morgan fingerprint density at radius 1 is 1.17 bits per heavy atom. The van der Waals surface area contributed by atoms with E-state index < -0.39 is 30.3 Å². The molecule has 1 unspecified atom stereocenters. The van der Waals surface area contributed by atoms with Gasteiger partial charge in [-0.05, 0) is 23.3 Å². The molecule has 0 heterocycles. The van der Waals surface area contributed by atoms with E-state index >= 15 is 0 Å². The number of carboxylic acids is 1. The Morgan fingerprint density at radius 3 is 2.48 bits per heavy atom. The molecule has 0 aliphatic carbocycles. The molecular weight excluding hydrogens is 301 g/mol. The largest absolute Gasteiger partial charge is 0.481 e. The van der Waals surface area contributed by atoms with Gasteiger partial charge >= 0.3 is 11.9 Å². The third-order valence-corrected chi connectivity index (χ3v) is 3.25. The van der Waals surface area contributed by atoms with Crippen molar-refractivity contribution in [2.24, 2.45) is 0 Å². The van der Waals surface area contributed by atoms with Crippen LogP contribution in [0.2, 0.25) is 0 Å². The minimum atomic E-state index is -1.26. The van der Waals surface area contributed by atoms with Crippen LogP contribution in [-0.4, -0.2) is 17.0 Å². The maximum atomic E-state index is 13.1. The number of carbonyl (C=O) groups is 2. The van der Waals surface area contributed by atoms with Gasteiger partial charge in [-0.25, -0.2) is 4.39 Å². The van der Waals surface area contributed by atoms with Gasteiger partial charge in [0.25, 0.3) is 0 Å². The summed E-state index contributed by atoms with van der Waals surface area (Å²) in [5, 5.41) is 8.67. The first-order valence-electron chi connectivity index (χ1n) is 6.96. The molecule has 5 nitrogen and oxygen atoms in total. The third-order valence-electron chi connectivity index (χ3n) is 3.25. The van der Waals surface area contributed by atoms with Crippen molar-refractivity contribution in [3.05, 3.63) is 65.5 Å². The number of carbonyl (C=O) groups excluding carboxylic acids is 1. The summed E-state index contributed by atoms with van der Waals surface area (Å²) in [4.78, 5) is 22.3. The molecule has 0 spiro atoms. The molecule has 6 heteroatoms. The second-order valence-corrected chi connectivity index (χ2v) is 5.01. The van der Waals surface area contributed by atoms with Crippen molar-refractivity contribution in [3.8, 4) is 0 Å². The zero-order valence-corrected chi connectivity index (χ0v) is 12.2. The molecular formula is C17H16FNO4. The summed E-state index contributed by atoms with van der Waals surface area (Å²) in [6.07, 6.45) is -1.19. The topological polar surface area (TPSA) is 89.6 Å². The van der Waals surface area contributed by atoms with Crippen molar-refractivity contribution >= 4 is 17.6 Å². The number of hydrogen-bond donors (Lipinski definition) is 2. The molecule has 0 fully saturated rings. The second kappa shape index (κ2) is 7.40. The van der Waals surface area contributed by atoms with Crippen molar-refractivity contribution < 1.29 is 23.8 Å². The molecule has 0 aliphatic heterocycles. The predicted octanol–water partition coefficient (Wildman–Crippen LogP) is 2.71. The van der Waals surface area contributed by atoms with E-state index in [1.165, 1.54) is 18.2 Å². The Balaban J connectivity index is 2.23. The Bertz CT molecular complexity index is 703. The van der Waals surface area contributed by atoms with E-state index in [-0.39, 0.29) is 12.1 Å². The number of anilines is 1. The van der Waals surface area contributed by atoms with Gasteiger partial charge < -0.3 is 15.6 Å². The number of ether oxygens (including phenoxy) is 1. The van der Waals surface area contributed by atoms with Crippen LogP contribution in [0.5, 0.6) is 0 Å². The quantitative estimate of drug-likeness (QED) is 0.486. The van der Waals surface area contributed by atoms with E-state index in [4.69, 9.17) is 15.6 Å². The number of nitrogens with two attached hydrogens (primary N) is 1. The van der Waals surface area contributed by atoms with Crippen LogP contribution in [0.1, 0.15) is 23.7 Å². The van der Waals surface area contributed by atoms with E-state index in [0.29, 0.717) is 11.1 Å².